The summed E-state index contributed by atoms with van der Waals surface area (Å²) < 4.78 is 34.7. The highest BCUT2D eigenvalue weighted by Crippen LogP contribution is 2.23. The summed E-state index contributed by atoms with van der Waals surface area (Å²) in [6, 6.07) is 7.23. The van der Waals surface area contributed by atoms with Crippen molar-refractivity contribution < 1.29 is 13.2 Å². The van der Waals surface area contributed by atoms with Crippen LogP contribution in [0.1, 0.15) is 23.2 Å². The van der Waals surface area contributed by atoms with Crippen LogP contribution >= 0.6 is 11.3 Å². The third-order valence-corrected chi connectivity index (χ3v) is 5.81. The van der Waals surface area contributed by atoms with E-state index in [0.29, 0.717) is 17.1 Å². The van der Waals surface area contributed by atoms with Gasteiger partial charge in [0.1, 0.15) is 10.8 Å². The third-order valence-electron chi connectivity index (χ3n) is 3.55. The second-order valence-electron chi connectivity index (χ2n) is 5.21. The number of rotatable bonds is 6. The quantitative estimate of drug-likeness (QED) is 0.722. The lowest BCUT2D eigenvalue weighted by atomic mass is 10.2. The highest BCUT2D eigenvalue weighted by molar-refractivity contribution is 7.89. The number of aromatic nitrogens is 3. The fourth-order valence-electron chi connectivity index (χ4n) is 2.36. The average Bonchev–Trinajstić information content (AvgIpc) is 3.08. The largest absolute Gasteiger partial charge is 0.497 e. The first-order chi connectivity index (χ1) is 11.4. The number of aryl methyl sites for hydroxylation is 2. The molecule has 7 nitrogen and oxygen atoms in total. The Hall–Kier alpha value is -1.97. The first-order valence-corrected chi connectivity index (χ1v) is 9.72. The summed E-state index contributed by atoms with van der Waals surface area (Å²) in [7, 11) is -2.14. The van der Waals surface area contributed by atoms with Crippen LogP contribution in [0.15, 0.2) is 29.3 Å². The summed E-state index contributed by atoms with van der Waals surface area (Å²) in [4.78, 5) is 4.97. The molecule has 0 unspecified atom stereocenters. The van der Waals surface area contributed by atoms with Gasteiger partial charge in [-0.05, 0) is 31.0 Å². The normalized spacial score (nSPS) is 12.0. The Morgan fingerprint density at radius 1 is 1.29 bits per heavy atom. The van der Waals surface area contributed by atoms with Gasteiger partial charge in [0.25, 0.3) is 10.0 Å². The molecule has 24 heavy (non-hydrogen) atoms. The maximum absolute atomic E-state index is 12.8. The molecule has 9 heteroatoms. The van der Waals surface area contributed by atoms with E-state index in [4.69, 9.17) is 4.74 Å². The van der Waals surface area contributed by atoms with Crippen molar-refractivity contribution >= 4 is 26.3 Å². The summed E-state index contributed by atoms with van der Waals surface area (Å²) >= 11 is 1.37. The number of sulfonamides is 1. The average molecular weight is 366 g/mol. The Balaban J connectivity index is 1.89. The lowest BCUT2D eigenvalue weighted by Gasteiger charge is -2.08. The van der Waals surface area contributed by atoms with E-state index in [9.17, 15) is 8.42 Å². The van der Waals surface area contributed by atoms with Crippen LogP contribution in [0.2, 0.25) is 0 Å². The predicted octanol–water partition coefficient (Wildman–Crippen LogP) is 2.15. The zero-order chi connectivity index (χ0) is 17.3. The molecule has 1 aromatic carbocycles. The number of nitrogens with zero attached hydrogens (tertiary/aromatic N) is 3. The maximum atomic E-state index is 12.8. The predicted molar refractivity (Wildman–Crippen MR) is 92.0 cm³/mol. The second kappa shape index (κ2) is 6.50. The van der Waals surface area contributed by atoms with Crippen molar-refractivity contribution in [3.05, 3.63) is 40.5 Å². The lowest BCUT2D eigenvalue weighted by Crippen LogP contribution is -2.25. The second-order valence-corrected chi connectivity index (χ2v) is 8.05. The van der Waals surface area contributed by atoms with E-state index in [0.717, 1.165) is 16.3 Å². The standard InChI is InChI=1S/C15H18N4O3S2/c1-4-13-14(19-15(17-13)23-10(2)18-19)24(20,21)16-9-11-5-7-12(22-3)8-6-11/h5-8,16H,4,9H2,1-3H3. The van der Waals surface area contributed by atoms with Crippen LogP contribution < -0.4 is 9.46 Å². The number of hydrogen-bond donors (Lipinski definition) is 1. The van der Waals surface area contributed by atoms with E-state index < -0.39 is 10.0 Å². The zero-order valence-electron chi connectivity index (χ0n) is 13.6. The molecule has 0 saturated heterocycles. The van der Waals surface area contributed by atoms with Crippen LogP contribution in [0.25, 0.3) is 4.96 Å². The van der Waals surface area contributed by atoms with Gasteiger partial charge in [0, 0.05) is 6.54 Å². The zero-order valence-corrected chi connectivity index (χ0v) is 15.2. The van der Waals surface area contributed by atoms with E-state index in [2.05, 4.69) is 14.8 Å². The number of benzene rings is 1. The van der Waals surface area contributed by atoms with E-state index in [1.807, 2.05) is 26.0 Å². The lowest BCUT2D eigenvalue weighted by molar-refractivity contribution is 0.414. The summed E-state index contributed by atoms with van der Waals surface area (Å²) in [6.45, 7) is 3.89. The molecule has 3 aromatic rings. The SMILES string of the molecule is CCc1nc2sc(C)nn2c1S(=O)(=O)NCc1ccc(OC)cc1. The minimum absolute atomic E-state index is 0.123. The molecule has 0 spiro atoms. The molecule has 0 saturated carbocycles. The first kappa shape index (κ1) is 16.9. The molecule has 0 aliphatic rings. The Kier molecular flexibility index (Phi) is 4.57. The van der Waals surface area contributed by atoms with Crippen molar-refractivity contribution in [1.82, 2.24) is 19.3 Å². The molecule has 0 bridgehead atoms. The molecule has 0 aliphatic carbocycles. The van der Waals surface area contributed by atoms with Gasteiger partial charge < -0.3 is 4.74 Å². The maximum Gasteiger partial charge on any atom is 0.260 e. The monoisotopic (exact) mass is 366 g/mol. The summed E-state index contributed by atoms with van der Waals surface area (Å²) in [6.07, 6.45) is 0.522. The van der Waals surface area contributed by atoms with Gasteiger partial charge in [0.05, 0.1) is 12.8 Å². The molecule has 1 N–H and O–H groups in total. The highest BCUT2D eigenvalue weighted by atomic mass is 32.2. The van der Waals surface area contributed by atoms with Gasteiger partial charge >= 0.3 is 0 Å². The van der Waals surface area contributed by atoms with Gasteiger partial charge in [-0.1, -0.05) is 30.4 Å². The van der Waals surface area contributed by atoms with Gasteiger partial charge in [-0.25, -0.2) is 18.1 Å². The molecule has 2 heterocycles. The molecule has 3 rings (SSSR count). The van der Waals surface area contributed by atoms with Crippen LogP contribution in [0.3, 0.4) is 0 Å². The number of fused-ring (bicyclic) bond motifs is 1. The van der Waals surface area contributed by atoms with Crippen LogP contribution in [-0.4, -0.2) is 30.1 Å². The van der Waals surface area contributed by atoms with Crippen LogP contribution in [0.5, 0.6) is 5.75 Å². The number of imidazole rings is 1. The van der Waals surface area contributed by atoms with E-state index in [1.165, 1.54) is 15.9 Å². The van der Waals surface area contributed by atoms with Crippen molar-refractivity contribution in [2.75, 3.05) is 7.11 Å². The minimum atomic E-state index is -3.72. The Morgan fingerprint density at radius 3 is 2.62 bits per heavy atom. The van der Waals surface area contributed by atoms with Gasteiger partial charge in [0.2, 0.25) is 4.96 Å². The van der Waals surface area contributed by atoms with Crippen molar-refractivity contribution in [1.29, 1.82) is 0 Å². The third kappa shape index (κ3) is 3.14. The highest BCUT2D eigenvalue weighted by Gasteiger charge is 2.26. The van der Waals surface area contributed by atoms with Gasteiger partial charge in [-0.2, -0.15) is 9.61 Å². The molecular formula is C15H18N4O3S2. The number of hydrogen-bond acceptors (Lipinski definition) is 6. The Morgan fingerprint density at radius 2 is 2.00 bits per heavy atom. The fourth-order valence-corrected chi connectivity index (χ4v) is 4.52. The van der Waals surface area contributed by atoms with Crippen LogP contribution in [0.4, 0.5) is 0 Å². The summed E-state index contributed by atoms with van der Waals surface area (Å²) in [5, 5.41) is 5.16. The molecule has 2 aromatic heterocycles. The molecular weight excluding hydrogens is 348 g/mol. The fraction of sp³-hybridized carbons (Fsp3) is 0.333. The Bertz CT molecular complexity index is 959. The van der Waals surface area contributed by atoms with E-state index in [1.54, 1.807) is 19.2 Å². The molecule has 0 fully saturated rings. The van der Waals surface area contributed by atoms with Crippen molar-refractivity contribution in [3.8, 4) is 5.75 Å². The molecule has 0 aliphatic heterocycles. The van der Waals surface area contributed by atoms with Crippen molar-refractivity contribution in [2.45, 2.75) is 31.8 Å². The molecule has 0 radical (unpaired) electrons. The van der Waals surface area contributed by atoms with Crippen LogP contribution in [0, 0.1) is 6.92 Å². The summed E-state index contributed by atoms with van der Waals surface area (Å²) in [5.74, 6) is 0.727. The summed E-state index contributed by atoms with van der Waals surface area (Å²) in [5.41, 5.74) is 1.36. The number of ether oxygens (including phenoxy) is 1. The Labute approximate surface area is 144 Å². The van der Waals surface area contributed by atoms with Crippen molar-refractivity contribution in [2.24, 2.45) is 0 Å². The van der Waals surface area contributed by atoms with E-state index >= 15 is 0 Å². The topological polar surface area (TPSA) is 85.6 Å². The van der Waals surface area contributed by atoms with Gasteiger partial charge in [-0.3, -0.25) is 0 Å². The molecule has 0 amide bonds. The first-order valence-electron chi connectivity index (χ1n) is 7.42. The molecule has 128 valence electrons. The van der Waals surface area contributed by atoms with Gasteiger partial charge in [-0.15, -0.1) is 0 Å². The van der Waals surface area contributed by atoms with E-state index in [-0.39, 0.29) is 11.6 Å². The smallest absolute Gasteiger partial charge is 0.260 e. The van der Waals surface area contributed by atoms with Gasteiger partial charge in [0.15, 0.2) is 5.03 Å². The van der Waals surface area contributed by atoms with Crippen LogP contribution in [-0.2, 0) is 23.0 Å². The number of nitrogens with one attached hydrogen (secondary N) is 1. The van der Waals surface area contributed by atoms with Crippen molar-refractivity contribution in [3.63, 3.8) is 0 Å². The molecule has 0 atom stereocenters. The minimum Gasteiger partial charge on any atom is -0.497 e. The number of methoxy groups -OCH3 is 1.